The van der Waals surface area contributed by atoms with Crippen LogP contribution >= 0.6 is 15.9 Å². The molecule has 0 saturated carbocycles. The van der Waals surface area contributed by atoms with E-state index in [1.165, 1.54) is 0 Å². The average molecular weight is 217 g/mol. The summed E-state index contributed by atoms with van der Waals surface area (Å²) in [5.41, 5.74) is 0. The molecule has 2 rings (SSSR count). The fourth-order valence-corrected chi connectivity index (χ4v) is 1.78. The van der Waals surface area contributed by atoms with Crippen LogP contribution in [0.5, 0.6) is 0 Å². The molecule has 0 spiro atoms. The first-order chi connectivity index (χ1) is 5.38. The normalized spacial score (nSPS) is 24.3. The highest BCUT2D eigenvalue weighted by Gasteiger charge is 2.18. The predicted molar refractivity (Wildman–Crippen MR) is 44.2 cm³/mol. The van der Waals surface area contributed by atoms with Gasteiger partial charge in [-0.25, -0.2) is 4.68 Å². The van der Waals surface area contributed by atoms with E-state index in [2.05, 4.69) is 31.6 Å². The topological polar surface area (TPSA) is 42.7 Å². The van der Waals surface area contributed by atoms with Crippen molar-refractivity contribution in [1.82, 2.24) is 20.3 Å². The maximum atomic E-state index is 3.98. The molecule has 1 N–H and O–H groups in total. The fourth-order valence-electron chi connectivity index (χ4n) is 1.33. The molecule has 0 radical (unpaired) electrons. The fraction of sp³-hybridized carbons (Fsp3) is 0.667. The summed E-state index contributed by atoms with van der Waals surface area (Å²) in [6, 6.07) is 0.479. The monoisotopic (exact) mass is 216 g/mol. The van der Waals surface area contributed by atoms with Crippen molar-refractivity contribution in [2.24, 2.45) is 0 Å². The zero-order valence-corrected chi connectivity index (χ0v) is 7.58. The highest BCUT2D eigenvalue weighted by atomic mass is 79.9. The number of rotatable bonds is 1. The SMILES string of the molecule is Brc1cnnn1C1CCNC1. The largest absolute Gasteiger partial charge is 0.315 e. The summed E-state index contributed by atoms with van der Waals surface area (Å²) in [5.74, 6) is 0. The lowest BCUT2D eigenvalue weighted by molar-refractivity contribution is 0.468. The molecule has 1 saturated heterocycles. The van der Waals surface area contributed by atoms with Crippen LogP contribution in [0.15, 0.2) is 10.8 Å². The Labute approximate surface area is 73.1 Å². The van der Waals surface area contributed by atoms with Gasteiger partial charge in [0, 0.05) is 6.54 Å². The van der Waals surface area contributed by atoms with Gasteiger partial charge in [0.25, 0.3) is 0 Å². The van der Waals surface area contributed by atoms with Crippen molar-refractivity contribution in [3.05, 3.63) is 10.8 Å². The van der Waals surface area contributed by atoms with Crippen LogP contribution in [-0.4, -0.2) is 28.1 Å². The van der Waals surface area contributed by atoms with Gasteiger partial charge in [0.2, 0.25) is 0 Å². The van der Waals surface area contributed by atoms with Crippen molar-refractivity contribution in [3.63, 3.8) is 0 Å². The molecule has 11 heavy (non-hydrogen) atoms. The second kappa shape index (κ2) is 2.91. The van der Waals surface area contributed by atoms with E-state index < -0.39 is 0 Å². The molecule has 1 fully saturated rings. The molecule has 0 aliphatic carbocycles. The van der Waals surface area contributed by atoms with Crippen molar-refractivity contribution < 1.29 is 0 Å². The van der Waals surface area contributed by atoms with E-state index >= 15 is 0 Å². The number of hydrogen-bond donors (Lipinski definition) is 1. The summed E-state index contributed by atoms with van der Waals surface area (Å²) in [6.07, 6.45) is 2.86. The molecular weight excluding hydrogens is 208 g/mol. The second-order valence-corrected chi connectivity index (χ2v) is 3.46. The van der Waals surface area contributed by atoms with Crippen LogP contribution in [0.25, 0.3) is 0 Å². The lowest BCUT2D eigenvalue weighted by Gasteiger charge is -2.07. The van der Waals surface area contributed by atoms with E-state index in [0.717, 1.165) is 24.1 Å². The number of nitrogens with zero attached hydrogens (tertiary/aromatic N) is 3. The molecule has 5 heteroatoms. The van der Waals surface area contributed by atoms with Crippen LogP contribution in [0.3, 0.4) is 0 Å². The Morgan fingerprint density at radius 2 is 2.64 bits per heavy atom. The first-order valence-electron chi connectivity index (χ1n) is 3.64. The van der Waals surface area contributed by atoms with Gasteiger partial charge in [-0.05, 0) is 28.9 Å². The first-order valence-corrected chi connectivity index (χ1v) is 4.43. The summed E-state index contributed by atoms with van der Waals surface area (Å²) in [5, 5.41) is 11.1. The Hall–Kier alpha value is -0.420. The molecule has 1 atom stereocenters. The van der Waals surface area contributed by atoms with E-state index in [0.29, 0.717) is 6.04 Å². The van der Waals surface area contributed by atoms with Crippen molar-refractivity contribution >= 4 is 15.9 Å². The van der Waals surface area contributed by atoms with Crippen LogP contribution in [-0.2, 0) is 0 Å². The number of aromatic nitrogens is 3. The Bertz CT molecular complexity index is 240. The van der Waals surface area contributed by atoms with E-state index in [9.17, 15) is 0 Å². The second-order valence-electron chi connectivity index (χ2n) is 2.65. The molecule has 0 bridgehead atoms. The third kappa shape index (κ3) is 1.30. The summed E-state index contributed by atoms with van der Waals surface area (Å²) < 4.78 is 2.88. The predicted octanol–water partition coefficient (Wildman–Crippen LogP) is 0.575. The Morgan fingerprint density at radius 3 is 3.18 bits per heavy atom. The third-order valence-electron chi connectivity index (χ3n) is 1.91. The Balaban J connectivity index is 2.21. The van der Waals surface area contributed by atoms with E-state index in [-0.39, 0.29) is 0 Å². The van der Waals surface area contributed by atoms with Crippen LogP contribution < -0.4 is 5.32 Å². The van der Waals surface area contributed by atoms with Gasteiger partial charge in [0.15, 0.2) is 0 Å². The minimum absolute atomic E-state index is 0.479. The van der Waals surface area contributed by atoms with Crippen molar-refractivity contribution in [1.29, 1.82) is 0 Å². The summed E-state index contributed by atoms with van der Waals surface area (Å²) in [6.45, 7) is 2.08. The number of hydrogen-bond acceptors (Lipinski definition) is 3. The summed E-state index contributed by atoms with van der Waals surface area (Å²) in [7, 11) is 0. The zero-order valence-electron chi connectivity index (χ0n) is 6.00. The first kappa shape index (κ1) is 7.24. The molecular formula is C6H9BrN4. The highest BCUT2D eigenvalue weighted by molar-refractivity contribution is 9.10. The van der Waals surface area contributed by atoms with Gasteiger partial charge >= 0.3 is 0 Å². The summed E-state index contributed by atoms with van der Waals surface area (Å²) in [4.78, 5) is 0. The van der Waals surface area contributed by atoms with Crippen LogP contribution in [0.4, 0.5) is 0 Å². The maximum absolute atomic E-state index is 3.98. The smallest absolute Gasteiger partial charge is 0.124 e. The molecule has 1 aromatic rings. The van der Waals surface area contributed by atoms with Gasteiger partial charge in [-0.1, -0.05) is 5.21 Å². The lowest BCUT2D eigenvalue weighted by Crippen LogP contribution is -2.14. The minimum atomic E-state index is 0.479. The van der Waals surface area contributed by atoms with Crippen LogP contribution in [0.2, 0.25) is 0 Å². The molecule has 0 aromatic carbocycles. The quantitative estimate of drug-likeness (QED) is 0.747. The molecule has 1 aromatic heterocycles. The average Bonchev–Trinajstić information content (AvgIpc) is 2.55. The highest BCUT2D eigenvalue weighted by Crippen LogP contribution is 2.18. The van der Waals surface area contributed by atoms with Gasteiger partial charge in [0.05, 0.1) is 12.2 Å². The molecule has 1 aliphatic heterocycles. The van der Waals surface area contributed by atoms with E-state index in [1.807, 2.05) is 4.68 Å². The van der Waals surface area contributed by atoms with Gasteiger partial charge in [-0.3, -0.25) is 0 Å². The van der Waals surface area contributed by atoms with Crippen LogP contribution in [0, 0.1) is 0 Å². The van der Waals surface area contributed by atoms with Crippen molar-refractivity contribution in [3.8, 4) is 0 Å². The van der Waals surface area contributed by atoms with Crippen LogP contribution in [0.1, 0.15) is 12.5 Å². The van der Waals surface area contributed by atoms with Crippen molar-refractivity contribution in [2.75, 3.05) is 13.1 Å². The minimum Gasteiger partial charge on any atom is -0.315 e. The van der Waals surface area contributed by atoms with Gasteiger partial charge < -0.3 is 5.32 Å². The molecule has 60 valence electrons. The van der Waals surface area contributed by atoms with Crippen molar-refractivity contribution in [2.45, 2.75) is 12.5 Å². The van der Waals surface area contributed by atoms with Gasteiger partial charge in [0.1, 0.15) is 4.60 Å². The lowest BCUT2D eigenvalue weighted by atomic mass is 10.3. The molecule has 0 amide bonds. The van der Waals surface area contributed by atoms with E-state index in [4.69, 9.17) is 0 Å². The third-order valence-corrected chi connectivity index (χ3v) is 2.48. The van der Waals surface area contributed by atoms with E-state index in [1.54, 1.807) is 6.20 Å². The Kier molecular flexibility index (Phi) is 1.91. The zero-order chi connectivity index (χ0) is 7.68. The molecule has 2 heterocycles. The molecule has 1 aliphatic rings. The maximum Gasteiger partial charge on any atom is 0.124 e. The standard InChI is InChI=1S/C6H9BrN4/c7-6-4-9-10-11(6)5-1-2-8-3-5/h4-5,8H,1-3H2. The molecule has 4 nitrogen and oxygen atoms in total. The molecule has 1 unspecified atom stereocenters. The number of halogens is 1. The summed E-state index contributed by atoms with van der Waals surface area (Å²) >= 11 is 3.39. The Morgan fingerprint density at radius 1 is 1.73 bits per heavy atom. The van der Waals surface area contributed by atoms with Gasteiger partial charge in [-0.2, -0.15) is 0 Å². The van der Waals surface area contributed by atoms with Gasteiger partial charge in [-0.15, -0.1) is 5.10 Å². The number of nitrogens with one attached hydrogen (secondary N) is 1.